The zero-order valence-corrected chi connectivity index (χ0v) is 10.0. The first-order valence-corrected chi connectivity index (χ1v) is 5.36. The molecule has 0 aliphatic heterocycles. The van der Waals surface area contributed by atoms with E-state index in [0.717, 1.165) is 0 Å². The highest BCUT2D eigenvalue weighted by Crippen LogP contribution is 2.06. The smallest absolute Gasteiger partial charge is 0.255 e. The van der Waals surface area contributed by atoms with Gasteiger partial charge < -0.3 is 9.64 Å². The van der Waals surface area contributed by atoms with E-state index in [2.05, 4.69) is 4.98 Å². The van der Waals surface area contributed by atoms with Crippen molar-refractivity contribution >= 4 is 5.91 Å². The van der Waals surface area contributed by atoms with Crippen LogP contribution in [0.5, 0.6) is 0 Å². The molecule has 4 nitrogen and oxygen atoms in total. The van der Waals surface area contributed by atoms with E-state index in [9.17, 15) is 4.79 Å². The summed E-state index contributed by atoms with van der Waals surface area (Å²) in [5, 5.41) is 0. The molecule has 0 aromatic carbocycles. The Morgan fingerprint density at radius 2 is 2.31 bits per heavy atom. The number of ether oxygens (including phenoxy) is 1. The van der Waals surface area contributed by atoms with Crippen LogP contribution in [0.25, 0.3) is 0 Å². The minimum atomic E-state index is 0.000139. The maximum Gasteiger partial charge on any atom is 0.255 e. The van der Waals surface area contributed by atoms with Crippen molar-refractivity contribution in [1.29, 1.82) is 0 Å². The second kappa shape index (κ2) is 6.23. The normalized spacial score (nSPS) is 10.5. The average Bonchev–Trinajstić information content (AvgIpc) is 2.30. The number of carbonyl (C=O) groups is 1. The van der Waals surface area contributed by atoms with Crippen LogP contribution in [0, 0.1) is 0 Å². The van der Waals surface area contributed by atoms with Gasteiger partial charge in [-0.2, -0.15) is 0 Å². The number of methoxy groups -OCH3 is 1. The molecule has 0 spiro atoms. The molecule has 1 aromatic rings. The third-order valence-electron chi connectivity index (χ3n) is 2.33. The van der Waals surface area contributed by atoms with Gasteiger partial charge in [0.2, 0.25) is 0 Å². The Morgan fingerprint density at radius 1 is 1.56 bits per heavy atom. The Morgan fingerprint density at radius 3 is 2.81 bits per heavy atom. The number of aromatic nitrogens is 1. The van der Waals surface area contributed by atoms with E-state index in [1.807, 2.05) is 13.8 Å². The van der Waals surface area contributed by atoms with Gasteiger partial charge in [0.15, 0.2) is 0 Å². The third-order valence-corrected chi connectivity index (χ3v) is 2.33. The molecule has 1 amide bonds. The lowest BCUT2D eigenvalue weighted by molar-refractivity contribution is 0.0634. The zero-order valence-electron chi connectivity index (χ0n) is 10.0. The predicted molar refractivity (Wildman–Crippen MR) is 62.3 cm³/mol. The zero-order chi connectivity index (χ0) is 12.0. The molecule has 0 aliphatic rings. The summed E-state index contributed by atoms with van der Waals surface area (Å²) in [5.74, 6) is 0.000139. The summed E-state index contributed by atoms with van der Waals surface area (Å²) in [4.78, 5) is 17.8. The second-order valence-electron chi connectivity index (χ2n) is 3.83. The van der Waals surface area contributed by atoms with Crippen LogP contribution in [0.15, 0.2) is 24.5 Å². The number of nitrogens with zero attached hydrogens (tertiary/aromatic N) is 2. The largest absolute Gasteiger partial charge is 0.383 e. The van der Waals surface area contributed by atoms with Gasteiger partial charge in [-0.15, -0.1) is 0 Å². The van der Waals surface area contributed by atoms with E-state index < -0.39 is 0 Å². The lowest BCUT2D eigenvalue weighted by Crippen LogP contribution is -2.39. The number of rotatable bonds is 5. The van der Waals surface area contributed by atoms with Crippen molar-refractivity contribution in [2.24, 2.45) is 0 Å². The highest BCUT2D eigenvalue weighted by molar-refractivity contribution is 5.94. The molecule has 0 atom stereocenters. The second-order valence-corrected chi connectivity index (χ2v) is 3.83. The lowest BCUT2D eigenvalue weighted by atomic mass is 10.2. The summed E-state index contributed by atoms with van der Waals surface area (Å²) >= 11 is 0. The predicted octanol–water partition coefficient (Wildman–Crippen LogP) is 1.58. The van der Waals surface area contributed by atoms with E-state index >= 15 is 0 Å². The Bertz CT molecular complexity index is 325. The number of pyridine rings is 1. The van der Waals surface area contributed by atoms with Gasteiger partial charge in [-0.3, -0.25) is 9.78 Å². The molecular weight excluding hydrogens is 204 g/mol. The lowest BCUT2D eigenvalue weighted by Gasteiger charge is -2.26. The molecular formula is C12H18N2O2. The first-order valence-electron chi connectivity index (χ1n) is 5.36. The van der Waals surface area contributed by atoms with Crippen LogP contribution in [0.1, 0.15) is 24.2 Å². The molecule has 0 bridgehead atoms. The van der Waals surface area contributed by atoms with Crippen molar-refractivity contribution in [2.45, 2.75) is 19.9 Å². The summed E-state index contributed by atoms with van der Waals surface area (Å²) in [7, 11) is 1.63. The average molecular weight is 222 g/mol. The van der Waals surface area contributed by atoms with Gasteiger partial charge in [0.05, 0.1) is 12.2 Å². The molecule has 88 valence electrons. The number of amides is 1. The SMILES string of the molecule is COCCN(C(=O)c1cccnc1)C(C)C. The number of carbonyl (C=O) groups excluding carboxylic acids is 1. The molecule has 0 fully saturated rings. The van der Waals surface area contributed by atoms with Crippen LogP contribution < -0.4 is 0 Å². The number of hydrogen-bond donors (Lipinski definition) is 0. The summed E-state index contributed by atoms with van der Waals surface area (Å²) in [5.41, 5.74) is 0.618. The maximum absolute atomic E-state index is 12.1. The van der Waals surface area contributed by atoms with E-state index in [0.29, 0.717) is 18.7 Å². The van der Waals surface area contributed by atoms with Crippen LogP contribution in [-0.2, 0) is 4.74 Å². The van der Waals surface area contributed by atoms with Crippen molar-refractivity contribution in [3.05, 3.63) is 30.1 Å². The van der Waals surface area contributed by atoms with Crippen molar-refractivity contribution in [3.63, 3.8) is 0 Å². The fraction of sp³-hybridized carbons (Fsp3) is 0.500. The molecule has 4 heteroatoms. The Balaban J connectivity index is 2.75. The Labute approximate surface area is 96.2 Å². The van der Waals surface area contributed by atoms with Crippen LogP contribution >= 0.6 is 0 Å². The quantitative estimate of drug-likeness (QED) is 0.759. The molecule has 0 aliphatic carbocycles. The molecule has 1 heterocycles. The van der Waals surface area contributed by atoms with Crippen LogP contribution in [-0.4, -0.2) is 42.1 Å². The van der Waals surface area contributed by atoms with Gasteiger partial charge in [-0.25, -0.2) is 0 Å². The van der Waals surface area contributed by atoms with Crippen LogP contribution in [0.4, 0.5) is 0 Å². The molecule has 0 unspecified atom stereocenters. The molecule has 1 rings (SSSR count). The minimum Gasteiger partial charge on any atom is -0.383 e. The van der Waals surface area contributed by atoms with Gasteiger partial charge in [0.25, 0.3) is 5.91 Å². The van der Waals surface area contributed by atoms with E-state index in [-0.39, 0.29) is 11.9 Å². The summed E-state index contributed by atoms with van der Waals surface area (Å²) in [6, 6.07) is 3.70. The van der Waals surface area contributed by atoms with Crippen molar-refractivity contribution in [1.82, 2.24) is 9.88 Å². The summed E-state index contributed by atoms with van der Waals surface area (Å²) < 4.78 is 5.00. The van der Waals surface area contributed by atoms with Crippen molar-refractivity contribution in [3.8, 4) is 0 Å². The van der Waals surface area contributed by atoms with Crippen molar-refractivity contribution in [2.75, 3.05) is 20.3 Å². The number of hydrogen-bond acceptors (Lipinski definition) is 3. The molecule has 16 heavy (non-hydrogen) atoms. The fourth-order valence-electron chi connectivity index (χ4n) is 1.44. The highest BCUT2D eigenvalue weighted by Gasteiger charge is 2.18. The van der Waals surface area contributed by atoms with Crippen LogP contribution in [0.3, 0.4) is 0 Å². The Hall–Kier alpha value is -1.42. The first-order chi connectivity index (χ1) is 7.66. The van der Waals surface area contributed by atoms with E-state index in [1.165, 1.54) is 0 Å². The highest BCUT2D eigenvalue weighted by atomic mass is 16.5. The topological polar surface area (TPSA) is 42.4 Å². The monoisotopic (exact) mass is 222 g/mol. The first kappa shape index (κ1) is 12.6. The van der Waals surface area contributed by atoms with E-state index in [4.69, 9.17) is 4.74 Å². The summed E-state index contributed by atoms with van der Waals surface area (Å²) in [6.45, 7) is 5.12. The van der Waals surface area contributed by atoms with Gasteiger partial charge in [-0.05, 0) is 26.0 Å². The molecule has 0 radical (unpaired) electrons. The van der Waals surface area contributed by atoms with E-state index in [1.54, 1.807) is 36.5 Å². The molecule has 0 saturated heterocycles. The van der Waals surface area contributed by atoms with Gasteiger partial charge in [-0.1, -0.05) is 0 Å². The minimum absolute atomic E-state index is 0.000139. The summed E-state index contributed by atoms with van der Waals surface area (Å²) in [6.07, 6.45) is 3.25. The standard InChI is InChI=1S/C12H18N2O2/c1-10(2)14(7-8-16-3)12(15)11-5-4-6-13-9-11/h4-6,9-10H,7-8H2,1-3H3. The molecule has 0 N–H and O–H groups in total. The molecule has 1 aromatic heterocycles. The van der Waals surface area contributed by atoms with Gasteiger partial charge in [0, 0.05) is 32.1 Å². The fourth-order valence-corrected chi connectivity index (χ4v) is 1.44. The van der Waals surface area contributed by atoms with Crippen LogP contribution in [0.2, 0.25) is 0 Å². The Kier molecular flexibility index (Phi) is 4.92. The van der Waals surface area contributed by atoms with Gasteiger partial charge in [0.1, 0.15) is 0 Å². The maximum atomic E-state index is 12.1. The van der Waals surface area contributed by atoms with Crippen molar-refractivity contribution < 1.29 is 9.53 Å². The van der Waals surface area contributed by atoms with Gasteiger partial charge >= 0.3 is 0 Å². The third kappa shape index (κ3) is 3.31. The molecule has 0 saturated carbocycles.